The highest BCUT2D eigenvalue weighted by Crippen LogP contribution is 2.34. The van der Waals surface area contributed by atoms with Crippen LogP contribution in [0.4, 0.5) is 4.39 Å². The van der Waals surface area contributed by atoms with E-state index in [9.17, 15) is 12.8 Å². The van der Waals surface area contributed by atoms with Crippen LogP contribution in [0.3, 0.4) is 0 Å². The van der Waals surface area contributed by atoms with Gasteiger partial charge in [0.2, 0.25) is 10.0 Å². The third kappa shape index (κ3) is 2.88. The van der Waals surface area contributed by atoms with E-state index >= 15 is 0 Å². The Morgan fingerprint density at radius 3 is 3.00 bits per heavy atom. The normalized spacial score (nSPS) is 30.1. The first-order valence-corrected chi connectivity index (χ1v) is 8.67. The van der Waals surface area contributed by atoms with Crippen molar-refractivity contribution in [2.75, 3.05) is 19.4 Å². The number of hydrogen-bond acceptors (Lipinski definition) is 5. The lowest BCUT2D eigenvalue weighted by Crippen LogP contribution is -2.53. The van der Waals surface area contributed by atoms with E-state index in [0.29, 0.717) is 26.0 Å². The molecule has 0 bridgehead atoms. The number of nitrogens with zero attached hydrogens (tertiary/aromatic N) is 2. The van der Waals surface area contributed by atoms with Crippen LogP contribution in [0.25, 0.3) is 0 Å². The van der Waals surface area contributed by atoms with Crippen molar-refractivity contribution in [1.29, 1.82) is 0 Å². The monoisotopic (exact) mass is 316 g/mol. The molecule has 116 valence electrons. The lowest BCUT2D eigenvalue weighted by atomic mass is 10.1. The van der Waals surface area contributed by atoms with Crippen LogP contribution in [-0.4, -0.2) is 55.4 Å². The first kappa shape index (κ1) is 14.7. The average molecular weight is 316 g/mol. The molecule has 21 heavy (non-hydrogen) atoms. The Morgan fingerprint density at radius 2 is 2.29 bits per heavy atom. The van der Waals surface area contributed by atoms with E-state index in [1.807, 2.05) is 0 Å². The van der Waals surface area contributed by atoms with Crippen molar-refractivity contribution in [3.05, 3.63) is 24.1 Å². The standard InChI is InChI=1S/C13H17FN2O4S/c1-21(17,18)16-7-8-19-12-10(16)4-5-11(12)20-13-9(14)3-2-6-15-13/h2-3,6,10-12H,4-5,7-8H2,1H3/t10-,11+,12-/m1/s1. The van der Waals surface area contributed by atoms with E-state index < -0.39 is 15.8 Å². The van der Waals surface area contributed by atoms with Crippen molar-refractivity contribution < 1.29 is 22.3 Å². The number of ether oxygens (including phenoxy) is 2. The van der Waals surface area contributed by atoms with E-state index in [4.69, 9.17) is 9.47 Å². The molecule has 1 saturated heterocycles. The minimum absolute atomic E-state index is 0.0665. The Labute approximate surface area is 122 Å². The van der Waals surface area contributed by atoms with Gasteiger partial charge in [0.15, 0.2) is 5.82 Å². The van der Waals surface area contributed by atoms with Gasteiger partial charge in [0.1, 0.15) is 12.2 Å². The number of halogens is 1. The van der Waals surface area contributed by atoms with Gasteiger partial charge in [-0.2, -0.15) is 4.31 Å². The number of morpholine rings is 1. The molecule has 2 heterocycles. The molecule has 3 rings (SSSR count). The Balaban J connectivity index is 1.77. The molecule has 2 fully saturated rings. The summed E-state index contributed by atoms with van der Waals surface area (Å²) in [7, 11) is -3.28. The van der Waals surface area contributed by atoms with Gasteiger partial charge in [-0.05, 0) is 25.0 Å². The van der Waals surface area contributed by atoms with Crippen LogP contribution in [-0.2, 0) is 14.8 Å². The summed E-state index contributed by atoms with van der Waals surface area (Å²) in [4.78, 5) is 3.86. The fraction of sp³-hybridized carbons (Fsp3) is 0.615. The van der Waals surface area contributed by atoms with Gasteiger partial charge in [-0.25, -0.2) is 17.8 Å². The molecule has 0 radical (unpaired) electrons. The summed E-state index contributed by atoms with van der Waals surface area (Å²) in [5.41, 5.74) is 0. The zero-order valence-electron chi connectivity index (χ0n) is 11.6. The van der Waals surface area contributed by atoms with E-state index in [2.05, 4.69) is 4.98 Å². The second kappa shape index (κ2) is 5.51. The molecule has 6 nitrogen and oxygen atoms in total. The molecule has 8 heteroatoms. The molecule has 1 aromatic rings. The lowest BCUT2D eigenvalue weighted by Gasteiger charge is -2.37. The molecule has 0 unspecified atom stereocenters. The molecule has 0 N–H and O–H groups in total. The summed E-state index contributed by atoms with van der Waals surface area (Å²) in [6.45, 7) is 0.670. The van der Waals surface area contributed by atoms with Crippen LogP contribution in [0.15, 0.2) is 18.3 Å². The summed E-state index contributed by atoms with van der Waals surface area (Å²) in [6, 6.07) is 2.52. The summed E-state index contributed by atoms with van der Waals surface area (Å²) in [5, 5.41) is 0. The Hall–Kier alpha value is -1.25. The number of aromatic nitrogens is 1. The smallest absolute Gasteiger partial charge is 0.250 e. The molecule has 1 aliphatic carbocycles. The molecule has 3 atom stereocenters. The molecule has 1 aliphatic heterocycles. The molecule has 1 aromatic heterocycles. The highest BCUT2D eigenvalue weighted by molar-refractivity contribution is 7.88. The SMILES string of the molecule is CS(=O)(=O)N1CCO[C@H]2[C@@H](Oc3ncccc3F)CC[C@H]21. The summed E-state index contributed by atoms with van der Waals surface area (Å²) >= 11 is 0. The summed E-state index contributed by atoms with van der Waals surface area (Å²) in [6.07, 6.45) is 3.13. The van der Waals surface area contributed by atoms with Crippen molar-refractivity contribution in [1.82, 2.24) is 9.29 Å². The molecular formula is C13H17FN2O4S. The van der Waals surface area contributed by atoms with Crippen molar-refractivity contribution in [2.45, 2.75) is 31.1 Å². The predicted molar refractivity (Wildman–Crippen MR) is 72.9 cm³/mol. The molecule has 1 saturated carbocycles. The van der Waals surface area contributed by atoms with Crippen LogP contribution in [0.5, 0.6) is 5.88 Å². The molecular weight excluding hydrogens is 299 g/mol. The minimum atomic E-state index is -3.28. The maximum atomic E-state index is 13.6. The molecule has 0 amide bonds. The van der Waals surface area contributed by atoms with Crippen molar-refractivity contribution in [2.24, 2.45) is 0 Å². The summed E-state index contributed by atoms with van der Waals surface area (Å²) < 4.78 is 49.9. The maximum Gasteiger partial charge on any atom is 0.250 e. The van der Waals surface area contributed by atoms with Crippen LogP contribution < -0.4 is 4.74 Å². The number of rotatable bonds is 3. The molecule has 2 aliphatic rings. The number of hydrogen-bond donors (Lipinski definition) is 0. The van der Waals surface area contributed by atoms with Gasteiger partial charge in [-0.3, -0.25) is 0 Å². The average Bonchev–Trinajstić information content (AvgIpc) is 2.83. The zero-order chi connectivity index (χ0) is 15.0. The second-order valence-electron chi connectivity index (χ2n) is 5.30. The number of sulfonamides is 1. The lowest BCUT2D eigenvalue weighted by molar-refractivity contribution is -0.0673. The first-order valence-electron chi connectivity index (χ1n) is 6.82. The Kier molecular flexibility index (Phi) is 3.85. The highest BCUT2D eigenvalue weighted by Gasteiger charge is 2.47. The number of fused-ring (bicyclic) bond motifs is 1. The van der Waals surface area contributed by atoms with Gasteiger partial charge in [0.05, 0.1) is 18.9 Å². The van der Waals surface area contributed by atoms with E-state index in [-0.39, 0.29) is 24.1 Å². The van der Waals surface area contributed by atoms with Gasteiger partial charge in [0.25, 0.3) is 5.88 Å². The Morgan fingerprint density at radius 1 is 1.48 bits per heavy atom. The van der Waals surface area contributed by atoms with Crippen LogP contribution in [0.1, 0.15) is 12.8 Å². The van der Waals surface area contributed by atoms with E-state index in [1.165, 1.54) is 28.9 Å². The molecule has 0 spiro atoms. The molecule has 0 aromatic carbocycles. The largest absolute Gasteiger partial charge is 0.469 e. The maximum absolute atomic E-state index is 13.6. The quantitative estimate of drug-likeness (QED) is 0.825. The van der Waals surface area contributed by atoms with Gasteiger partial charge in [-0.1, -0.05) is 0 Å². The second-order valence-corrected chi connectivity index (χ2v) is 7.24. The van der Waals surface area contributed by atoms with Gasteiger partial charge in [-0.15, -0.1) is 0 Å². The van der Waals surface area contributed by atoms with Crippen LogP contribution >= 0.6 is 0 Å². The Bertz CT molecular complexity index is 624. The van der Waals surface area contributed by atoms with E-state index in [0.717, 1.165) is 0 Å². The van der Waals surface area contributed by atoms with Crippen LogP contribution in [0, 0.1) is 5.82 Å². The van der Waals surface area contributed by atoms with Crippen molar-refractivity contribution in [3.63, 3.8) is 0 Å². The predicted octanol–water partition coefficient (Wildman–Crippen LogP) is 0.791. The summed E-state index contributed by atoms with van der Waals surface area (Å²) in [5.74, 6) is -0.597. The third-order valence-electron chi connectivity index (χ3n) is 3.90. The zero-order valence-corrected chi connectivity index (χ0v) is 12.4. The highest BCUT2D eigenvalue weighted by atomic mass is 32.2. The third-order valence-corrected chi connectivity index (χ3v) is 5.20. The van der Waals surface area contributed by atoms with Gasteiger partial charge >= 0.3 is 0 Å². The first-order chi connectivity index (χ1) is 9.97. The topological polar surface area (TPSA) is 68.7 Å². The fourth-order valence-electron chi connectivity index (χ4n) is 3.02. The van der Waals surface area contributed by atoms with Gasteiger partial charge < -0.3 is 9.47 Å². The van der Waals surface area contributed by atoms with Crippen molar-refractivity contribution >= 4 is 10.0 Å². The van der Waals surface area contributed by atoms with E-state index in [1.54, 1.807) is 0 Å². The fourth-order valence-corrected chi connectivity index (χ4v) is 4.14. The van der Waals surface area contributed by atoms with Crippen molar-refractivity contribution in [3.8, 4) is 5.88 Å². The van der Waals surface area contributed by atoms with Gasteiger partial charge in [0, 0.05) is 12.7 Å². The number of pyridine rings is 1. The minimum Gasteiger partial charge on any atom is -0.469 e. The van der Waals surface area contributed by atoms with Crippen LogP contribution in [0.2, 0.25) is 0 Å².